The van der Waals surface area contributed by atoms with Crippen molar-refractivity contribution in [3.63, 3.8) is 0 Å². The molecule has 1 aromatic heterocycles. The second-order valence-corrected chi connectivity index (χ2v) is 3.71. The van der Waals surface area contributed by atoms with Crippen LogP contribution in [-0.4, -0.2) is 26.9 Å². The van der Waals surface area contributed by atoms with Crippen molar-refractivity contribution in [1.29, 1.82) is 0 Å². The van der Waals surface area contributed by atoms with E-state index in [0.29, 0.717) is 12.6 Å². The van der Waals surface area contributed by atoms with E-state index in [1.54, 1.807) is 7.05 Å². The largest absolute Gasteiger partial charge is 0.345 e. The van der Waals surface area contributed by atoms with Gasteiger partial charge in [0, 0.05) is 19.6 Å². The Morgan fingerprint density at radius 1 is 1.57 bits per heavy atom. The van der Waals surface area contributed by atoms with Crippen molar-refractivity contribution in [2.75, 3.05) is 6.54 Å². The lowest BCUT2D eigenvalue weighted by Gasteiger charge is -2.06. The standard InChI is InChI=1S/C9H18N4O/c1-8(2)10-5-4-6-13-9(14)12(3)7-11-13/h7-8,10H,4-6H2,1-3H3. The zero-order valence-corrected chi connectivity index (χ0v) is 9.03. The average molecular weight is 198 g/mol. The van der Waals surface area contributed by atoms with Crippen molar-refractivity contribution in [3.05, 3.63) is 16.8 Å². The first-order chi connectivity index (χ1) is 6.61. The van der Waals surface area contributed by atoms with Gasteiger partial charge in [0.05, 0.1) is 0 Å². The predicted molar refractivity (Wildman–Crippen MR) is 55.2 cm³/mol. The fourth-order valence-corrected chi connectivity index (χ4v) is 1.19. The first-order valence-corrected chi connectivity index (χ1v) is 4.93. The maximum absolute atomic E-state index is 11.3. The zero-order chi connectivity index (χ0) is 10.6. The summed E-state index contributed by atoms with van der Waals surface area (Å²) in [5.41, 5.74) is -0.0467. The molecule has 1 aromatic rings. The van der Waals surface area contributed by atoms with Crippen molar-refractivity contribution >= 4 is 0 Å². The second-order valence-electron chi connectivity index (χ2n) is 3.71. The van der Waals surface area contributed by atoms with Gasteiger partial charge in [0.2, 0.25) is 0 Å². The lowest BCUT2D eigenvalue weighted by molar-refractivity contribution is 0.502. The Balaban J connectivity index is 2.32. The average Bonchev–Trinajstić information content (AvgIpc) is 2.43. The minimum atomic E-state index is -0.0467. The van der Waals surface area contributed by atoms with Crippen LogP contribution >= 0.6 is 0 Å². The molecule has 1 N–H and O–H groups in total. The summed E-state index contributed by atoms with van der Waals surface area (Å²) >= 11 is 0. The van der Waals surface area contributed by atoms with Crippen LogP contribution in [0.2, 0.25) is 0 Å². The molecular weight excluding hydrogens is 180 g/mol. The first-order valence-electron chi connectivity index (χ1n) is 4.93. The highest BCUT2D eigenvalue weighted by atomic mass is 16.2. The van der Waals surface area contributed by atoms with Crippen LogP contribution in [0.1, 0.15) is 20.3 Å². The zero-order valence-electron chi connectivity index (χ0n) is 9.03. The maximum atomic E-state index is 11.3. The SMILES string of the molecule is CC(C)NCCCn1ncn(C)c1=O. The fraction of sp³-hybridized carbons (Fsp3) is 0.778. The summed E-state index contributed by atoms with van der Waals surface area (Å²) in [5.74, 6) is 0. The van der Waals surface area contributed by atoms with E-state index in [4.69, 9.17) is 0 Å². The smallest absolute Gasteiger partial charge is 0.314 e. The van der Waals surface area contributed by atoms with Crippen molar-refractivity contribution < 1.29 is 0 Å². The monoisotopic (exact) mass is 198 g/mol. The quantitative estimate of drug-likeness (QED) is 0.676. The predicted octanol–water partition coefficient (Wildman–Crippen LogP) is -0.0301. The molecule has 0 amide bonds. The van der Waals surface area contributed by atoms with Crippen molar-refractivity contribution in [2.24, 2.45) is 7.05 Å². The summed E-state index contributed by atoms with van der Waals surface area (Å²) in [7, 11) is 1.71. The molecule has 80 valence electrons. The van der Waals surface area contributed by atoms with E-state index in [-0.39, 0.29) is 5.69 Å². The van der Waals surface area contributed by atoms with E-state index in [9.17, 15) is 4.79 Å². The third-order valence-corrected chi connectivity index (χ3v) is 1.99. The lowest BCUT2D eigenvalue weighted by Crippen LogP contribution is -2.27. The van der Waals surface area contributed by atoms with Gasteiger partial charge in [-0.1, -0.05) is 13.8 Å². The Kier molecular flexibility index (Phi) is 3.88. The Hall–Kier alpha value is -1.10. The van der Waals surface area contributed by atoms with Crippen molar-refractivity contribution in [1.82, 2.24) is 19.7 Å². The Labute approximate surface area is 83.7 Å². The number of hydrogen-bond acceptors (Lipinski definition) is 3. The molecule has 5 heteroatoms. The summed E-state index contributed by atoms with van der Waals surface area (Å²) in [6, 6.07) is 0.496. The molecule has 0 aliphatic heterocycles. The lowest BCUT2D eigenvalue weighted by atomic mass is 10.3. The summed E-state index contributed by atoms with van der Waals surface area (Å²) in [6.07, 6.45) is 2.47. The van der Waals surface area contributed by atoms with E-state index >= 15 is 0 Å². The van der Waals surface area contributed by atoms with Crippen LogP contribution < -0.4 is 11.0 Å². The van der Waals surface area contributed by atoms with Gasteiger partial charge in [0.1, 0.15) is 6.33 Å². The number of hydrogen-bond donors (Lipinski definition) is 1. The number of nitrogens with one attached hydrogen (secondary N) is 1. The molecule has 0 aliphatic rings. The van der Waals surface area contributed by atoms with Gasteiger partial charge in [-0.3, -0.25) is 4.57 Å². The van der Waals surface area contributed by atoms with Crippen LogP contribution in [0.3, 0.4) is 0 Å². The van der Waals surface area contributed by atoms with Gasteiger partial charge in [0.15, 0.2) is 0 Å². The van der Waals surface area contributed by atoms with Gasteiger partial charge in [-0.15, -0.1) is 0 Å². The number of aryl methyl sites for hydroxylation is 2. The third kappa shape index (κ3) is 2.99. The molecule has 0 aliphatic carbocycles. The molecule has 0 atom stereocenters. The first kappa shape index (κ1) is 11.0. The molecule has 0 aromatic carbocycles. The topological polar surface area (TPSA) is 51.9 Å². The van der Waals surface area contributed by atoms with Crippen LogP contribution in [0.15, 0.2) is 11.1 Å². The minimum absolute atomic E-state index is 0.0467. The molecular formula is C9H18N4O. The van der Waals surface area contributed by atoms with Gasteiger partial charge < -0.3 is 5.32 Å². The van der Waals surface area contributed by atoms with Gasteiger partial charge in [0.25, 0.3) is 0 Å². The highest BCUT2D eigenvalue weighted by Gasteiger charge is 2.00. The Morgan fingerprint density at radius 3 is 2.79 bits per heavy atom. The molecule has 0 saturated heterocycles. The minimum Gasteiger partial charge on any atom is -0.314 e. The van der Waals surface area contributed by atoms with Crippen LogP contribution in [0.4, 0.5) is 0 Å². The normalized spacial score (nSPS) is 11.1. The molecule has 1 heterocycles. The Morgan fingerprint density at radius 2 is 2.29 bits per heavy atom. The van der Waals surface area contributed by atoms with Gasteiger partial charge in [-0.25, -0.2) is 9.48 Å². The molecule has 5 nitrogen and oxygen atoms in total. The molecule has 14 heavy (non-hydrogen) atoms. The van der Waals surface area contributed by atoms with Crippen LogP contribution in [0, 0.1) is 0 Å². The third-order valence-electron chi connectivity index (χ3n) is 1.99. The molecule has 0 saturated carbocycles. The van der Waals surface area contributed by atoms with E-state index in [1.165, 1.54) is 15.6 Å². The van der Waals surface area contributed by atoms with Crippen LogP contribution in [-0.2, 0) is 13.6 Å². The highest BCUT2D eigenvalue weighted by molar-refractivity contribution is 4.65. The summed E-state index contributed by atoms with van der Waals surface area (Å²) in [6.45, 7) is 5.81. The summed E-state index contributed by atoms with van der Waals surface area (Å²) in [5, 5.41) is 7.26. The number of aromatic nitrogens is 3. The van der Waals surface area contributed by atoms with Gasteiger partial charge >= 0.3 is 5.69 Å². The molecule has 0 spiro atoms. The van der Waals surface area contributed by atoms with Crippen LogP contribution in [0.5, 0.6) is 0 Å². The second kappa shape index (κ2) is 4.95. The molecule has 0 bridgehead atoms. The van der Waals surface area contributed by atoms with Gasteiger partial charge in [-0.2, -0.15) is 5.10 Å². The molecule has 0 unspecified atom stereocenters. The van der Waals surface area contributed by atoms with E-state index < -0.39 is 0 Å². The van der Waals surface area contributed by atoms with Crippen LogP contribution in [0.25, 0.3) is 0 Å². The van der Waals surface area contributed by atoms with Gasteiger partial charge in [-0.05, 0) is 13.0 Å². The van der Waals surface area contributed by atoms with E-state index in [0.717, 1.165) is 13.0 Å². The van der Waals surface area contributed by atoms with E-state index in [2.05, 4.69) is 24.3 Å². The maximum Gasteiger partial charge on any atom is 0.345 e. The summed E-state index contributed by atoms with van der Waals surface area (Å²) < 4.78 is 2.97. The van der Waals surface area contributed by atoms with E-state index in [1.807, 2.05) is 0 Å². The number of nitrogens with zero attached hydrogens (tertiary/aromatic N) is 3. The molecule has 0 radical (unpaired) electrons. The molecule has 1 rings (SSSR count). The summed E-state index contributed by atoms with van der Waals surface area (Å²) in [4.78, 5) is 11.3. The fourth-order valence-electron chi connectivity index (χ4n) is 1.19. The molecule has 0 fully saturated rings. The number of rotatable bonds is 5. The highest BCUT2D eigenvalue weighted by Crippen LogP contribution is 1.84. The Bertz CT molecular complexity index is 326. The van der Waals surface area contributed by atoms with Crippen molar-refractivity contribution in [2.45, 2.75) is 32.9 Å². The van der Waals surface area contributed by atoms with Crippen molar-refractivity contribution in [3.8, 4) is 0 Å².